The van der Waals surface area contributed by atoms with Gasteiger partial charge in [-0.2, -0.15) is 0 Å². The average Bonchev–Trinajstić information content (AvgIpc) is 4.15. The Hall–Kier alpha value is -1.56. The summed E-state index contributed by atoms with van der Waals surface area (Å²) in [5.74, 6) is -0.686. The number of aliphatic hydroxyl groups excluding tert-OH is 6. The molecule has 0 fully saturated rings. The smallest absolute Gasteiger partial charge is 0.744 e. The second-order valence-electron chi connectivity index (χ2n) is 21.1. The molecule has 2 heterocycles. The van der Waals surface area contributed by atoms with E-state index in [2.05, 4.69) is 12.7 Å². The van der Waals surface area contributed by atoms with E-state index >= 15 is 0 Å². The van der Waals surface area contributed by atoms with Crippen LogP contribution >= 0.6 is 0 Å². The number of aliphatic hydroxyl groups is 6. The molecule has 0 saturated carbocycles. The fourth-order valence-corrected chi connectivity index (χ4v) is 11.1. The van der Waals surface area contributed by atoms with Gasteiger partial charge < -0.3 is 48.9 Å². The number of rotatable bonds is 16. The summed E-state index contributed by atoms with van der Waals surface area (Å²) in [5, 5.41) is 42.0. The fraction of sp³-hybridized carbons (Fsp3) is 0.500. The molecule has 6 N–H and O–H groups in total. The second-order valence-corrected chi connectivity index (χ2v) is 26.7. The molecule has 0 aliphatic heterocycles. The van der Waals surface area contributed by atoms with Crippen molar-refractivity contribution < 1.29 is 203 Å². The quantitative estimate of drug-likeness (QED) is 0.0274. The van der Waals surface area contributed by atoms with Gasteiger partial charge in [-0.1, -0.05) is 111 Å². The van der Waals surface area contributed by atoms with Crippen LogP contribution in [0.15, 0.2) is 92.9 Å². The van der Waals surface area contributed by atoms with E-state index in [0.29, 0.717) is 44.5 Å². The fourth-order valence-electron chi connectivity index (χ4n) is 8.95. The Morgan fingerprint density at radius 3 is 0.600 bits per heavy atom. The van der Waals surface area contributed by atoms with Crippen molar-refractivity contribution >= 4 is 40.5 Å². The van der Waals surface area contributed by atoms with Gasteiger partial charge in [0.25, 0.3) is 12.7 Å². The topological polar surface area (TPSA) is 368 Å². The number of benzene rings is 4. The van der Waals surface area contributed by atoms with Crippen molar-refractivity contribution in [2.45, 2.75) is 178 Å². The summed E-state index contributed by atoms with van der Waals surface area (Å²) >= 11 is 0. The molecular weight excluding hydrogens is 1370 g/mol. The molecule has 0 atom stereocenters. The third-order valence-corrected chi connectivity index (χ3v) is 16.1. The minimum atomic E-state index is -4.65. The number of hydrogen-bond acceptors (Lipinski definition) is 18. The van der Waals surface area contributed by atoms with Crippen molar-refractivity contribution in [2.75, 3.05) is 42.7 Å². The first-order chi connectivity index (χ1) is 39.9. The predicted octanol–water partition coefficient (Wildman–Crippen LogP) is -1.63. The molecule has 0 radical (unpaired) electrons. The summed E-state index contributed by atoms with van der Waals surface area (Å²) in [5.41, 5.74) is 8.53. The average molecular weight is 1460 g/mol. The van der Waals surface area contributed by atoms with Crippen LogP contribution in [0, 0.1) is 12.7 Å². The van der Waals surface area contributed by atoms with Gasteiger partial charge in [0.05, 0.1) is 42.3 Å². The van der Waals surface area contributed by atoms with Crippen molar-refractivity contribution in [1.29, 1.82) is 0 Å². The molecule has 0 aliphatic carbocycles. The van der Waals surface area contributed by atoms with Crippen molar-refractivity contribution in [3.8, 4) is 22.7 Å². The Bertz CT molecular complexity index is 3000. The second kappa shape index (κ2) is 45.0. The molecule has 2 aromatic heterocycles. The summed E-state index contributed by atoms with van der Waals surface area (Å²) in [7, 11) is -12.6. The first-order valence-corrected chi connectivity index (χ1v) is 32.8. The maximum absolute atomic E-state index is 11.9. The zero-order valence-corrected chi connectivity index (χ0v) is 67.6. The Morgan fingerprint density at radius 2 is 0.467 bits per heavy atom. The monoisotopic (exact) mass is 1460 g/mol. The Labute approximate surface area is 619 Å². The summed E-state index contributed by atoms with van der Waals surface area (Å²) in [6.07, 6.45) is 13.8. The molecule has 90 heavy (non-hydrogen) atoms. The molecule has 0 aliphatic rings. The first kappa shape index (κ1) is 99.5. The molecule has 30 heteroatoms. The van der Waals surface area contributed by atoms with Crippen LogP contribution < -0.4 is 97.8 Å². The molecule has 6 aromatic rings. The van der Waals surface area contributed by atoms with Gasteiger partial charge in [0.15, 0.2) is 0 Å². The molecule has 0 bridgehead atoms. The molecule has 6 rings (SSSR count). The SMILES string of the molecule is CC(C)c1cc(S(=O)(=O)[O-])cc(C(C)C)c1-n1[c-][n+](-c2c(C(C)C)cc(S(=O)(=O)[O-])cc2C(C)C)cc1.CC(C)c1cc(S(=O)(=O)[O-])cc(C(C)C)c1-n1[c-][n+](-c2c(C(C)C)cc(S(=O)(=O)[O-])cc2C(C)C)cc1.CO.CO.CO.CO.CO.CO.[Ag+].[Na+].[Na+].[Na+]. The van der Waals surface area contributed by atoms with E-state index in [-0.39, 0.29) is 178 Å². The molecule has 0 saturated heterocycles. The van der Waals surface area contributed by atoms with Gasteiger partial charge in [0, 0.05) is 67.4 Å². The minimum absolute atomic E-state index is 0. The first-order valence-electron chi connectivity index (χ1n) is 27.2. The van der Waals surface area contributed by atoms with Crippen molar-refractivity contribution in [3.63, 3.8) is 0 Å². The van der Waals surface area contributed by atoms with Gasteiger partial charge in [-0.25, -0.2) is 33.7 Å². The van der Waals surface area contributed by atoms with Crippen LogP contribution in [-0.4, -0.2) is 134 Å². The summed E-state index contributed by atoms with van der Waals surface area (Å²) < 4.78 is 150. The summed E-state index contributed by atoms with van der Waals surface area (Å²) in [6, 6.07) is 11.4. The standard InChI is InChI=1S/2C27H36N2O6S2.6CH4O.Ag.3Na/c2*1-16(2)22-11-20(36(30,31)32)12-23(17(3)4)26(22)28-9-10-29(15-28)27-24(18(5)6)13-21(37(33,34)35)14-25(27)19(7)8;6*1-2;;;;/h2*9-14,16-19H,1-8H3,(H,30,31,32)(H,33,34,35);6*2H,1H3;;;;/q;;;;;;;;4*+1/p-4. The zero-order valence-electron chi connectivity index (χ0n) is 56.9. The predicted molar refractivity (Wildman–Crippen MR) is 326 cm³/mol. The van der Waals surface area contributed by atoms with Crippen LogP contribution in [0.1, 0.15) is 203 Å². The van der Waals surface area contributed by atoms with Gasteiger partial charge in [0.1, 0.15) is 40.5 Å². The van der Waals surface area contributed by atoms with Gasteiger partial charge in [-0.05, 0) is 140 Å². The number of aromatic nitrogens is 4. The summed E-state index contributed by atoms with van der Waals surface area (Å²) in [6.45, 7) is 30.8. The Balaban J connectivity index is -0.000000323. The number of hydrogen-bond donors (Lipinski definition) is 6. The van der Waals surface area contributed by atoms with Crippen LogP contribution in [0.5, 0.6) is 0 Å². The third kappa shape index (κ3) is 27.2. The van der Waals surface area contributed by atoms with Crippen LogP contribution in [0.3, 0.4) is 0 Å². The molecule has 4 aromatic carbocycles. The van der Waals surface area contributed by atoms with Crippen molar-refractivity contribution in [1.82, 2.24) is 9.13 Å². The van der Waals surface area contributed by atoms with Gasteiger partial charge >= 0.3 is 111 Å². The normalized spacial score (nSPS) is 11.0. The van der Waals surface area contributed by atoms with Crippen LogP contribution in [0.25, 0.3) is 22.7 Å². The molecule has 498 valence electrons. The Morgan fingerprint density at radius 1 is 0.322 bits per heavy atom. The Kier molecular flexibility index (Phi) is 49.8. The van der Waals surface area contributed by atoms with Crippen LogP contribution in [0.4, 0.5) is 0 Å². The van der Waals surface area contributed by atoms with Gasteiger partial charge in [-0.15, -0.1) is 0 Å². The molecule has 0 unspecified atom stereocenters. The van der Waals surface area contributed by atoms with Gasteiger partial charge in [-0.3, -0.25) is 18.3 Å². The van der Waals surface area contributed by atoms with E-state index in [9.17, 15) is 51.9 Å². The van der Waals surface area contributed by atoms with E-state index in [0.717, 1.165) is 65.4 Å². The van der Waals surface area contributed by atoms with E-state index in [1.54, 1.807) is 43.1 Å². The van der Waals surface area contributed by atoms with E-state index in [1.807, 2.05) is 111 Å². The van der Waals surface area contributed by atoms with Crippen molar-refractivity contribution in [3.05, 3.63) is 130 Å². The summed E-state index contributed by atoms with van der Waals surface area (Å²) in [4.78, 5) is -1.05. The molecule has 22 nitrogen and oxygen atoms in total. The largest absolute Gasteiger partial charge is 1.00 e. The van der Waals surface area contributed by atoms with Crippen LogP contribution in [-0.2, 0) is 62.9 Å². The van der Waals surface area contributed by atoms with Gasteiger partial charge in [0.2, 0.25) is 0 Å². The van der Waals surface area contributed by atoms with E-state index in [4.69, 9.17) is 30.6 Å². The maximum Gasteiger partial charge on any atom is 1.00 e. The van der Waals surface area contributed by atoms with E-state index < -0.39 is 40.5 Å². The van der Waals surface area contributed by atoms with E-state index in [1.165, 1.54) is 48.5 Å². The van der Waals surface area contributed by atoms with Crippen molar-refractivity contribution in [2.24, 2.45) is 0 Å². The zero-order chi connectivity index (χ0) is 68.1. The number of nitrogens with zero attached hydrogens (tertiary/aromatic N) is 4. The van der Waals surface area contributed by atoms with Crippen LogP contribution in [0.2, 0.25) is 0 Å². The third-order valence-electron chi connectivity index (χ3n) is 12.8. The minimum Gasteiger partial charge on any atom is -0.744 e. The molecular formula is C60H92AgN4Na3O18S4. The molecule has 0 spiro atoms. The number of imidazole rings is 2. The molecule has 0 amide bonds. The maximum atomic E-state index is 11.9.